The van der Waals surface area contributed by atoms with E-state index in [4.69, 9.17) is 5.11 Å². The molecule has 5 heteroatoms. The van der Waals surface area contributed by atoms with Crippen LogP contribution < -0.4 is 5.56 Å². The maximum absolute atomic E-state index is 10.9. The highest BCUT2D eigenvalue weighted by atomic mass is 32.2. The first-order valence-corrected chi connectivity index (χ1v) is 5.60. The lowest BCUT2D eigenvalue weighted by molar-refractivity contribution is 0.284. The second kappa shape index (κ2) is 6.62. The molecule has 0 fully saturated rings. The quantitative estimate of drug-likeness (QED) is 0.421. The molecule has 1 aromatic rings. The average molecular weight is 214 g/mol. The van der Waals surface area contributed by atoms with Crippen LogP contribution in [0.15, 0.2) is 22.2 Å². The molecule has 0 saturated heterocycles. The summed E-state index contributed by atoms with van der Waals surface area (Å²) in [5.41, 5.74) is -0.113. The number of aromatic nitrogens is 2. The molecular weight excluding hydrogens is 200 g/mol. The zero-order valence-electron chi connectivity index (χ0n) is 7.90. The van der Waals surface area contributed by atoms with Gasteiger partial charge >= 0.3 is 0 Å². The summed E-state index contributed by atoms with van der Waals surface area (Å²) in [7, 11) is 0. The molecule has 1 aromatic heterocycles. The maximum Gasteiger partial charge on any atom is 0.251 e. The van der Waals surface area contributed by atoms with Gasteiger partial charge in [-0.1, -0.05) is 18.2 Å². The molecule has 0 unspecified atom stereocenters. The molecule has 0 atom stereocenters. The number of aliphatic hydroxyl groups excluding tert-OH is 1. The Morgan fingerprint density at radius 2 is 2.29 bits per heavy atom. The van der Waals surface area contributed by atoms with E-state index in [0.29, 0.717) is 5.16 Å². The van der Waals surface area contributed by atoms with Crippen LogP contribution in [0.1, 0.15) is 19.3 Å². The van der Waals surface area contributed by atoms with Crippen molar-refractivity contribution in [2.45, 2.75) is 24.4 Å². The molecule has 0 saturated carbocycles. The van der Waals surface area contributed by atoms with E-state index in [1.165, 1.54) is 24.0 Å². The van der Waals surface area contributed by atoms with Gasteiger partial charge < -0.3 is 10.1 Å². The van der Waals surface area contributed by atoms with Crippen LogP contribution >= 0.6 is 11.8 Å². The number of H-pyrrole nitrogens is 1. The topological polar surface area (TPSA) is 66.0 Å². The van der Waals surface area contributed by atoms with E-state index in [2.05, 4.69) is 9.97 Å². The minimum atomic E-state index is -0.113. The summed E-state index contributed by atoms with van der Waals surface area (Å²) in [5.74, 6) is 0.924. The predicted molar refractivity (Wildman–Crippen MR) is 56.5 cm³/mol. The van der Waals surface area contributed by atoms with Crippen LogP contribution in [0.2, 0.25) is 0 Å². The van der Waals surface area contributed by atoms with Crippen molar-refractivity contribution in [1.29, 1.82) is 0 Å². The Morgan fingerprint density at radius 1 is 1.43 bits per heavy atom. The smallest absolute Gasteiger partial charge is 0.251 e. The van der Waals surface area contributed by atoms with Crippen molar-refractivity contribution in [3.05, 3.63) is 22.6 Å². The lowest BCUT2D eigenvalue weighted by atomic mass is 10.3. The Morgan fingerprint density at radius 3 is 3.00 bits per heavy atom. The number of hydrogen-bond donors (Lipinski definition) is 2. The van der Waals surface area contributed by atoms with Crippen molar-refractivity contribution in [3.8, 4) is 0 Å². The summed E-state index contributed by atoms with van der Waals surface area (Å²) < 4.78 is 0. The van der Waals surface area contributed by atoms with Crippen molar-refractivity contribution in [1.82, 2.24) is 9.97 Å². The Kier molecular flexibility index (Phi) is 5.32. The molecule has 1 heterocycles. The van der Waals surface area contributed by atoms with Gasteiger partial charge in [-0.25, -0.2) is 4.98 Å². The standard InChI is InChI=1S/C9H14N2O2S/c12-6-2-1-3-7-14-9-10-5-4-8(13)11-9/h4-5,12H,1-3,6-7H2,(H,10,11,13). The average Bonchev–Trinajstić information content (AvgIpc) is 2.18. The highest BCUT2D eigenvalue weighted by Gasteiger charge is 1.95. The minimum absolute atomic E-state index is 0.113. The lowest BCUT2D eigenvalue weighted by Crippen LogP contribution is -2.05. The van der Waals surface area contributed by atoms with Crippen molar-refractivity contribution >= 4 is 11.8 Å². The highest BCUT2D eigenvalue weighted by molar-refractivity contribution is 7.99. The normalized spacial score (nSPS) is 10.4. The third-order valence-electron chi connectivity index (χ3n) is 1.69. The van der Waals surface area contributed by atoms with E-state index in [1.54, 1.807) is 0 Å². The van der Waals surface area contributed by atoms with Gasteiger partial charge in [-0.15, -0.1) is 0 Å². The monoisotopic (exact) mass is 214 g/mol. The van der Waals surface area contributed by atoms with Gasteiger partial charge in [0.2, 0.25) is 0 Å². The Labute approximate surface area is 86.8 Å². The third-order valence-corrected chi connectivity index (χ3v) is 2.66. The molecular formula is C9H14N2O2S. The predicted octanol–water partition coefficient (Wildman–Crippen LogP) is 1.02. The van der Waals surface area contributed by atoms with E-state index in [0.717, 1.165) is 25.0 Å². The van der Waals surface area contributed by atoms with Gasteiger partial charge in [-0.05, 0) is 12.8 Å². The number of aromatic amines is 1. The second-order valence-corrected chi connectivity index (χ2v) is 3.96. The molecule has 0 aliphatic heterocycles. The van der Waals surface area contributed by atoms with Crippen LogP contribution in [0.4, 0.5) is 0 Å². The van der Waals surface area contributed by atoms with E-state index in [9.17, 15) is 4.79 Å². The zero-order chi connectivity index (χ0) is 10.2. The van der Waals surface area contributed by atoms with Crippen molar-refractivity contribution in [2.75, 3.05) is 12.4 Å². The first-order chi connectivity index (χ1) is 6.83. The first-order valence-electron chi connectivity index (χ1n) is 4.62. The number of unbranched alkanes of at least 4 members (excludes halogenated alkanes) is 2. The minimum Gasteiger partial charge on any atom is -0.396 e. The summed E-state index contributed by atoms with van der Waals surface area (Å²) in [6.45, 7) is 0.255. The molecule has 0 bridgehead atoms. The van der Waals surface area contributed by atoms with E-state index in [1.807, 2.05) is 0 Å². The van der Waals surface area contributed by atoms with Gasteiger partial charge in [0.1, 0.15) is 0 Å². The number of aliphatic hydroxyl groups is 1. The summed E-state index contributed by atoms with van der Waals surface area (Å²) in [5, 5.41) is 9.22. The molecule has 0 aliphatic carbocycles. The van der Waals surface area contributed by atoms with Crippen LogP contribution in [0.25, 0.3) is 0 Å². The number of thioether (sulfide) groups is 1. The van der Waals surface area contributed by atoms with Crippen molar-refractivity contribution in [2.24, 2.45) is 0 Å². The van der Waals surface area contributed by atoms with Crippen LogP contribution in [0.3, 0.4) is 0 Å². The molecule has 0 spiro atoms. The highest BCUT2D eigenvalue weighted by Crippen LogP contribution is 2.12. The van der Waals surface area contributed by atoms with Gasteiger partial charge in [0.15, 0.2) is 5.16 Å². The van der Waals surface area contributed by atoms with Gasteiger partial charge in [0, 0.05) is 24.6 Å². The number of nitrogens with one attached hydrogen (secondary N) is 1. The van der Waals surface area contributed by atoms with Gasteiger partial charge in [-0.3, -0.25) is 4.79 Å². The number of rotatable bonds is 6. The molecule has 1 rings (SSSR count). The van der Waals surface area contributed by atoms with Crippen LogP contribution in [-0.4, -0.2) is 27.4 Å². The van der Waals surface area contributed by atoms with Crippen LogP contribution in [0.5, 0.6) is 0 Å². The number of hydrogen-bond acceptors (Lipinski definition) is 4. The molecule has 4 nitrogen and oxygen atoms in total. The summed E-state index contributed by atoms with van der Waals surface area (Å²) in [6.07, 6.45) is 4.40. The lowest BCUT2D eigenvalue weighted by Gasteiger charge is -1.99. The van der Waals surface area contributed by atoms with Crippen molar-refractivity contribution in [3.63, 3.8) is 0 Å². The molecule has 78 valence electrons. The fourth-order valence-electron chi connectivity index (χ4n) is 0.985. The summed E-state index contributed by atoms with van der Waals surface area (Å²) in [4.78, 5) is 17.5. The van der Waals surface area contributed by atoms with E-state index in [-0.39, 0.29) is 12.2 Å². The SMILES string of the molecule is O=c1ccnc(SCCCCCO)[nH]1. The fourth-order valence-corrected chi connectivity index (χ4v) is 1.83. The second-order valence-electron chi connectivity index (χ2n) is 2.87. The van der Waals surface area contributed by atoms with Gasteiger partial charge in [0.05, 0.1) is 0 Å². The van der Waals surface area contributed by atoms with Gasteiger partial charge in [0.25, 0.3) is 5.56 Å². The molecule has 2 N–H and O–H groups in total. The molecule has 0 aromatic carbocycles. The fraction of sp³-hybridized carbons (Fsp3) is 0.556. The summed E-state index contributed by atoms with van der Waals surface area (Å²) >= 11 is 1.54. The first kappa shape index (κ1) is 11.3. The van der Waals surface area contributed by atoms with E-state index >= 15 is 0 Å². The van der Waals surface area contributed by atoms with Gasteiger partial charge in [-0.2, -0.15) is 0 Å². The molecule has 0 radical (unpaired) electrons. The molecule has 0 amide bonds. The molecule has 14 heavy (non-hydrogen) atoms. The maximum atomic E-state index is 10.9. The Bertz CT molecular complexity index is 314. The largest absolute Gasteiger partial charge is 0.396 e. The van der Waals surface area contributed by atoms with Crippen LogP contribution in [0, 0.1) is 0 Å². The molecule has 0 aliphatic rings. The van der Waals surface area contributed by atoms with E-state index < -0.39 is 0 Å². The van der Waals surface area contributed by atoms with Crippen LogP contribution in [-0.2, 0) is 0 Å². The summed E-state index contributed by atoms with van der Waals surface area (Å²) in [6, 6.07) is 1.40. The zero-order valence-corrected chi connectivity index (χ0v) is 8.72. The Hall–Kier alpha value is -0.810. The number of nitrogens with zero attached hydrogens (tertiary/aromatic N) is 1. The third kappa shape index (κ3) is 4.43. The van der Waals surface area contributed by atoms with Crippen molar-refractivity contribution < 1.29 is 5.11 Å². The Balaban J connectivity index is 2.21.